The summed E-state index contributed by atoms with van der Waals surface area (Å²) in [7, 11) is 4.46. The van der Waals surface area contributed by atoms with Gasteiger partial charge in [0.25, 0.3) is 0 Å². The van der Waals surface area contributed by atoms with E-state index in [0.29, 0.717) is 28.4 Å². The lowest BCUT2D eigenvalue weighted by atomic mass is 10.1. The van der Waals surface area contributed by atoms with E-state index in [4.69, 9.17) is 23.7 Å². The SMILES string of the molecule is COc1cc(C=C2N=C(c3ccccc3OC)OC2=O)ccc1OC(=O)c1ccccc1OC. The first-order valence-electron chi connectivity index (χ1n) is 10.2. The largest absolute Gasteiger partial charge is 0.496 e. The number of hydrogen-bond donors (Lipinski definition) is 0. The number of ether oxygens (including phenoxy) is 5. The van der Waals surface area contributed by atoms with Crippen LogP contribution in [0.5, 0.6) is 23.0 Å². The molecule has 0 N–H and O–H groups in total. The van der Waals surface area contributed by atoms with Crippen LogP contribution < -0.4 is 18.9 Å². The lowest BCUT2D eigenvalue weighted by molar-refractivity contribution is -0.129. The molecule has 0 bridgehead atoms. The van der Waals surface area contributed by atoms with E-state index in [2.05, 4.69) is 4.99 Å². The Morgan fingerprint density at radius 1 is 0.824 bits per heavy atom. The average molecular weight is 459 g/mol. The van der Waals surface area contributed by atoms with Gasteiger partial charge in [0.2, 0.25) is 5.90 Å². The predicted octanol–water partition coefficient (Wildman–Crippen LogP) is 4.28. The molecule has 0 fully saturated rings. The predicted molar refractivity (Wildman–Crippen MR) is 125 cm³/mol. The molecule has 1 aliphatic rings. The second-order valence-corrected chi connectivity index (χ2v) is 7.04. The van der Waals surface area contributed by atoms with Gasteiger partial charge >= 0.3 is 11.9 Å². The van der Waals surface area contributed by atoms with Gasteiger partial charge in [-0.25, -0.2) is 14.6 Å². The van der Waals surface area contributed by atoms with Crippen LogP contribution in [0.3, 0.4) is 0 Å². The fourth-order valence-electron chi connectivity index (χ4n) is 3.33. The second kappa shape index (κ2) is 9.91. The van der Waals surface area contributed by atoms with Crippen molar-refractivity contribution in [1.29, 1.82) is 0 Å². The molecule has 0 radical (unpaired) electrons. The van der Waals surface area contributed by atoms with Crippen molar-refractivity contribution in [3.8, 4) is 23.0 Å². The first-order valence-corrected chi connectivity index (χ1v) is 10.2. The molecule has 0 aromatic heterocycles. The molecule has 4 rings (SSSR count). The number of aliphatic imine (C=N–C) groups is 1. The molecule has 34 heavy (non-hydrogen) atoms. The third kappa shape index (κ3) is 4.61. The minimum Gasteiger partial charge on any atom is -0.496 e. The van der Waals surface area contributed by atoms with Gasteiger partial charge in [0.1, 0.15) is 17.1 Å². The van der Waals surface area contributed by atoms with Crippen LogP contribution >= 0.6 is 0 Å². The van der Waals surface area contributed by atoms with E-state index >= 15 is 0 Å². The Morgan fingerprint density at radius 2 is 1.50 bits per heavy atom. The van der Waals surface area contributed by atoms with E-state index in [-0.39, 0.29) is 22.9 Å². The van der Waals surface area contributed by atoms with Gasteiger partial charge in [-0.05, 0) is 48.0 Å². The van der Waals surface area contributed by atoms with Gasteiger partial charge in [-0.15, -0.1) is 0 Å². The summed E-state index contributed by atoms with van der Waals surface area (Å²) >= 11 is 0. The highest BCUT2D eigenvalue weighted by molar-refractivity contribution is 6.13. The number of esters is 2. The van der Waals surface area contributed by atoms with Crippen LogP contribution in [-0.2, 0) is 9.53 Å². The first-order chi connectivity index (χ1) is 16.5. The van der Waals surface area contributed by atoms with E-state index in [1.165, 1.54) is 21.3 Å². The number of hydrogen-bond acceptors (Lipinski definition) is 8. The van der Waals surface area contributed by atoms with E-state index in [9.17, 15) is 9.59 Å². The molecule has 0 unspecified atom stereocenters. The van der Waals surface area contributed by atoms with Crippen molar-refractivity contribution < 1.29 is 33.3 Å². The number of cyclic esters (lactones) is 1. The number of rotatable bonds is 7. The van der Waals surface area contributed by atoms with Gasteiger partial charge < -0.3 is 23.7 Å². The van der Waals surface area contributed by atoms with Crippen LogP contribution in [-0.4, -0.2) is 39.2 Å². The van der Waals surface area contributed by atoms with Gasteiger partial charge in [0, 0.05) is 0 Å². The maximum atomic E-state index is 12.6. The molecule has 1 aliphatic heterocycles. The van der Waals surface area contributed by atoms with E-state index in [1.807, 2.05) is 6.07 Å². The zero-order chi connectivity index (χ0) is 24.1. The maximum absolute atomic E-state index is 12.6. The third-order valence-electron chi connectivity index (χ3n) is 4.98. The molecule has 0 saturated carbocycles. The van der Waals surface area contributed by atoms with Crippen molar-refractivity contribution >= 4 is 23.9 Å². The van der Waals surface area contributed by atoms with Gasteiger partial charge in [-0.1, -0.05) is 30.3 Å². The molecule has 0 spiro atoms. The molecule has 1 heterocycles. The second-order valence-electron chi connectivity index (χ2n) is 7.04. The summed E-state index contributed by atoms with van der Waals surface area (Å²) in [6.45, 7) is 0. The summed E-state index contributed by atoms with van der Waals surface area (Å²) in [5, 5.41) is 0. The Hall–Kier alpha value is -4.59. The quantitative estimate of drug-likeness (QED) is 0.296. The number of nitrogens with zero attached hydrogens (tertiary/aromatic N) is 1. The van der Waals surface area contributed by atoms with Gasteiger partial charge in [-0.3, -0.25) is 0 Å². The monoisotopic (exact) mass is 459 g/mol. The molecular formula is C26H21NO7. The van der Waals surface area contributed by atoms with Gasteiger partial charge in [0.05, 0.1) is 26.9 Å². The zero-order valence-corrected chi connectivity index (χ0v) is 18.7. The minimum atomic E-state index is -0.591. The summed E-state index contributed by atoms with van der Waals surface area (Å²) in [5.74, 6) is 0.432. The van der Waals surface area contributed by atoms with Crippen molar-refractivity contribution in [3.63, 3.8) is 0 Å². The van der Waals surface area contributed by atoms with E-state index in [1.54, 1.807) is 66.7 Å². The van der Waals surface area contributed by atoms with Crippen LogP contribution in [0.15, 0.2) is 77.4 Å². The lowest BCUT2D eigenvalue weighted by Gasteiger charge is -2.11. The highest BCUT2D eigenvalue weighted by Gasteiger charge is 2.26. The van der Waals surface area contributed by atoms with Crippen molar-refractivity contribution in [2.45, 2.75) is 0 Å². The summed E-state index contributed by atoms with van der Waals surface area (Å²) in [5.41, 5.74) is 1.57. The number of carbonyl (C=O) groups is 2. The highest BCUT2D eigenvalue weighted by Crippen LogP contribution is 2.32. The molecule has 0 amide bonds. The van der Waals surface area contributed by atoms with Gasteiger partial charge in [-0.2, -0.15) is 0 Å². The fraction of sp³-hybridized carbons (Fsp3) is 0.115. The number of benzene rings is 3. The van der Waals surface area contributed by atoms with Crippen molar-refractivity contribution in [2.75, 3.05) is 21.3 Å². The van der Waals surface area contributed by atoms with E-state index < -0.39 is 11.9 Å². The standard InChI is InChI=1S/C26H21NO7/c1-30-20-10-6-4-8-17(20)24-27-19(26(29)34-24)14-16-12-13-22(23(15-16)32-3)33-25(28)18-9-5-7-11-21(18)31-2/h4-15H,1-3H3. The Labute approximate surface area is 196 Å². The van der Waals surface area contributed by atoms with Crippen LogP contribution in [0.2, 0.25) is 0 Å². The normalized spacial score (nSPS) is 13.8. The summed E-state index contributed by atoms with van der Waals surface area (Å²) in [6, 6.07) is 18.7. The van der Waals surface area contributed by atoms with Crippen LogP contribution in [0, 0.1) is 0 Å². The summed E-state index contributed by atoms with van der Waals surface area (Å²) < 4.78 is 26.8. The lowest BCUT2D eigenvalue weighted by Crippen LogP contribution is -2.10. The Bertz CT molecular complexity index is 1310. The van der Waals surface area contributed by atoms with Crippen LogP contribution in [0.25, 0.3) is 6.08 Å². The summed E-state index contributed by atoms with van der Waals surface area (Å²) in [6.07, 6.45) is 1.55. The molecule has 172 valence electrons. The molecule has 8 heteroatoms. The maximum Gasteiger partial charge on any atom is 0.363 e. The summed E-state index contributed by atoms with van der Waals surface area (Å²) in [4.78, 5) is 29.3. The van der Waals surface area contributed by atoms with Gasteiger partial charge in [0.15, 0.2) is 17.2 Å². The first kappa shape index (κ1) is 22.6. The number of para-hydroxylation sites is 2. The number of carbonyl (C=O) groups excluding carboxylic acids is 2. The molecule has 3 aromatic rings. The topological polar surface area (TPSA) is 92.6 Å². The smallest absolute Gasteiger partial charge is 0.363 e. The van der Waals surface area contributed by atoms with E-state index in [0.717, 1.165) is 0 Å². The molecule has 3 aromatic carbocycles. The Balaban J connectivity index is 1.59. The molecule has 8 nitrogen and oxygen atoms in total. The van der Waals surface area contributed by atoms with Crippen molar-refractivity contribution in [3.05, 3.63) is 89.1 Å². The molecule has 0 saturated heterocycles. The molecular weight excluding hydrogens is 438 g/mol. The van der Waals surface area contributed by atoms with Crippen molar-refractivity contribution in [2.24, 2.45) is 4.99 Å². The Morgan fingerprint density at radius 3 is 2.24 bits per heavy atom. The molecule has 0 atom stereocenters. The minimum absolute atomic E-state index is 0.113. The third-order valence-corrected chi connectivity index (χ3v) is 4.98. The average Bonchev–Trinajstić information content (AvgIpc) is 3.24. The molecule has 0 aliphatic carbocycles. The van der Waals surface area contributed by atoms with Crippen LogP contribution in [0.1, 0.15) is 21.5 Å². The Kier molecular flexibility index (Phi) is 6.59. The number of methoxy groups -OCH3 is 3. The highest BCUT2D eigenvalue weighted by atomic mass is 16.6. The fourth-order valence-corrected chi connectivity index (χ4v) is 3.33. The zero-order valence-electron chi connectivity index (χ0n) is 18.7. The van der Waals surface area contributed by atoms with Crippen LogP contribution in [0.4, 0.5) is 0 Å². The van der Waals surface area contributed by atoms with Crippen molar-refractivity contribution in [1.82, 2.24) is 0 Å².